The zero-order valence-electron chi connectivity index (χ0n) is 34.4. The molecule has 6 aromatic carbocycles. The minimum atomic E-state index is -2.29. The van der Waals surface area contributed by atoms with Crippen LogP contribution in [-0.2, 0) is 26.8 Å². The summed E-state index contributed by atoms with van der Waals surface area (Å²) in [6.07, 6.45) is 4.79. The SMILES string of the molecule is CCCCc1cc(C(=O)OC)c(OP2Oc3ccccc3-c3ccccc32)c(-c2cc(CCCC)cc(C(=O)OC)c2OP2OC(=O)c3ccccc3N2c2ccccc2)c1. The van der Waals surface area contributed by atoms with Gasteiger partial charge in [-0.15, -0.1) is 0 Å². The first-order valence-electron chi connectivity index (χ1n) is 20.3. The second kappa shape index (κ2) is 18.6. The molecule has 0 radical (unpaired) electrons. The first-order chi connectivity index (χ1) is 29.8. The second-order valence-corrected chi connectivity index (χ2v) is 17.2. The first-order valence-corrected chi connectivity index (χ1v) is 22.6. The fourth-order valence-corrected chi connectivity index (χ4v) is 10.5. The van der Waals surface area contributed by atoms with Crippen molar-refractivity contribution in [1.29, 1.82) is 0 Å². The molecule has 0 amide bonds. The van der Waals surface area contributed by atoms with Crippen LogP contribution in [0.3, 0.4) is 0 Å². The van der Waals surface area contributed by atoms with Crippen molar-refractivity contribution in [2.24, 2.45) is 0 Å². The third kappa shape index (κ3) is 8.43. The topological polar surface area (TPSA) is 110 Å². The lowest BCUT2D eigenvalue weighted by atomic mass is 9.91. The third-order valence-corrected chi connectivity index (χ3v) is 13.4. The number of unbranched alkanes of at least 4 members (excludes halogenated alkanes) is 2. The number of esters is 2. The normalized spacial score (nSPS) is 15.0. The third-order valence-electron chi connectivity index (χ3n) is 10.5. The van der Waals surface area contributed by atoms with E-state index in [4.69, 9.17) is 27.6 Å². The molecule has 0 aromatic heterocycles. The van der Waals surface area contributed by atoms with Crippen LogP contribution >= 0.6 is 16.9 Å². The quantitative estimate of drug-likeness (QED) is 0.0776. The predicted octanol–water partition coefficient (Wildman–Crippen LogP) is 12.3. The molecule has 2 aliphatic heterocycles. The van der Waals surface area contributed by atoms with Crippen molar-refractivity contribution in [2.75, 3.05) is 18.9 Å². The number of ether oxygens (including phenoxy) is 2. The van der Waals surface area contributed by atoms with Crippen LogP contribution in [0.4, 0.5) is 11.4 Å². The molecule has 12 heteroatoms. The van der Waals surface area contributed by atoms with Gasteiger partial charge in [0.25, 0.3) is 0 Å². The van der Waals surface area contributed by atoms with Gasteiger partial charge in [-0.2, -0.15) is 0 Å². The van der Waals surface area contributed by atoms with Gasteiger partial charge in [-0.05, 0) is 103 Å². The number of methoxy groups -OCH3 is 2. The van der Waals surface area contributed by atoms with Crippen LogP contribution in [0.5, 0.6) is 17.2 Å². The Morgan fingerprint density at radius 1 is 0.590 bits per heavy atom. The average Bonchev–Trinajstić information content (AvgIpc) is 3.30. The molecular formula is C49H45NO9P2. The number of carbonyl (C=O) groups excluding carboxylic acids is 3. The summed E-state index contributed by atoms with van der Waals surface area (Å²) in [6.45, 7) is 4.21. The maximum atomic E-state index is 14.0. The van der Waals surface area contributed by atoms with Gasteiger partial charge in [-0.3, -0.25) is 4.67 Å². The molecule has 0 bridgehead atoms. The van der Waals surface area contributed by atoms with Crippen molar-refractivity contribution in [3.63, 3.8) is 0 Å². The number of fused-ring (bicyclic) bond motifs is 4. The Balaban J connectivity index is 1.38. The van der Waals surface area contributed by atoms with Crippen molar-refractivity contribution >= 4 is 51.5 Å². The summed E-state index contributed by atoms with van der Waals surface area (Å²) in [5, 5.41) is 0.825. The van der Waals surface area contributed by atoms with Gasteiger partial charge in [0.15, 0.2) is 5.75 Å². The summed E-state index contributed by atoms with van der Waals surface area (Å²) in [4.78, 5) is 41.8. The molecule has 61 heavy (non-hydrogen) atoms. The number of para-hydroxylation sites is 3. The Morgan fingerprint density at radius 2 is 1.13 bits per heavy atom. The van der Waals surface area contributed by atoms with Crippen LogP contribution in [0.15, 0.2) is 127 Å². The zero-order chi connectivity index (χ0) is 42.5. The smallest absolute Gasteiger partial charge is 0.424 e. The second-order valence-electron chi connectivity index (χ2n) is 14.6. The van der Waals surface area contributed by atoms with Gasteiger partial charge in [0, 0.05) is 16.7 Å². The molecule has 0 saturated heterocycles. The summed E-state index contributed by atoms with van der Waals surface area (Å²) in [7, 11) is -1.52. The Morgan fingerprint density at radius 3 is 1.75 bits per heavy atom. The van der Waals surface area contributed by atoms with E-state index in [2.05, 4.69) is 13.8 Å². The molecule has 2 unspecified atom stereocenters. The van der Waals surface area contributed by atoms with Crippen molar-refractivity contribution in [3.8, 4) is 39.5 Å². The molecule has 0 aliphatic carbocycles. The van der Waals surface area contributed by atoms with E-state index in [1.165, 1.54) is 14.2 Å². The molecule has 2 heterocycles. The largest absolute Gasteiger partial charge is 0.465 e. The van der Waals surface area contributed by atoms with Crippen molar-refractivity contribution in [2.45, 2.75) is 52.4 Å². The molecule has 10 nitrogen and oxygen atoms in total. The van der Waals surface area contributed by atoms with Crippen LogP contribution in [-0.4, -0.2) is 32.1 Å². The van der Waals surface area contributed by atoms with Crippen molar-refractivity contribution in [3.05, 3.63) is 155 Å². The zero-order valence-corrected chi connectivity index (χ0v) is 36.2. The number of hydrogen-bond acceptors (Lipinski definition) is 10. The number of hydrogen-bond donors (Lipinski definition) is 0. The number of aryl methyl sites for hydroxylation is 2. The fourth-order valence-electron chi connectivity index (χ4n) is 7.49. The van der Waals surface area contributed by atoms with Crippen LogP contribution in [0, 0.1) is 0 Å². The lowest BCUT2D eigenvalue weighted by Gasteiger charge is -2.35. The number of rotatable bonds is 14. The van der Waals surface area contributed by atoms with Crippen LogP contribution in [0.1, 0.15) is 81.7 Å². The Labute approximate surface area is 358 Å². The average molecular weight is 854 g/mol. The van der Waals surface area contributed by atoms with E-state index >= 15 is 0 Å². The molecular weight excluding hydrogens is 808 g/mol. The highest BCUT2D eigenvalue weighted by Gasteiger charge is 2.40. The van der Waals surface area contributed by atoms with Crippen LogP contribution in [0.25, 0.3) is 22.3 Å². The van der Waals surface area contributed by atoms with Gasteiger partial charge in [0.2, 0.25) is 0 Å². The Hall–Kier alpha value is -6.21. The van der Waals surface area contributed by atoms with Gasteiger partial charge in [0.05, 0.1) is 36.5 Å². The lowest BCUT2D eigenvalue weighted by molar-refractivity contribution is 0.0589. The predicted molar refractivity (Wildman–Crippen MR) is 239 cm³/mol. The van der Waals surface area contributed by atoms with E-state index in [0.29, 0.717) is 46.7 Å². The minimum absolute atomic E-state index is 0.0997. The van der Waals surface area contributed by atoms with Crippen molar-refractivity contribution in [1.82, 2.24) is 0 Å². The number of nitrogens with zero attached hydrogens (tertiary/aromatic N) is 1. The summed E-state index contributed by atoms with van der Waals surface area (Å²) in [6, 6.07) is 39.9. The summed E-state index contributed by atoms with van der Waals surface area (Å²) in [5.74, 6) is -0.880. The molecule has 0 spiro atoms. The van der Waals surface area contributed by atoms with Gasteiger partial charge >= 0.3 is 34.8 Å². The van der Waals surface area contributed by atoms with E-state index < -0.39 is 34.8 Å². The number of carbonyl (C=O) groups is 3. The van der Waals surface area contributed by atoms with Gasteiger partial charge in [-0.25, -0.2) is 14.4 Å². The number of anilines is 2. The minimum Gasteiger partial charge on any atom is -0.465 e. The number of benzene rings is 6. The van der Waals surface area contributed by atoms with Crippen LogP contribution < -0.4 is 23.5 Å². The molecule has 0 saturated carbocycles. The maximum Gasteiger partial charge on any atom is 0.424 e. The van der Waals surface area contributed by atoms with Gasteiger partial charge in [0.1, 0.15) is 22.6 Å². The van der Waals surface area contributed by atoms with Crippen molar-refractivity contribution < 1.29 is 42.0 Å². The highest BCUT2D eigenvalue weighted by molar-refractivity contribution is 7.57. The van der Waals surface area contributed by atoms with E-state index in [9.17, 15) is 14.4 Å². The van der Waals surface area contributed by atoms with Gasteiger partial charge in [-0.1, -0.05) is 93.4 Å². The lowest BCUT2D eigenvalue weighted by Crippen LogP contribution is -2.25. The van der Waals surface area contributed by atoms with Crippen LogP contribution in [0.2, 0.25) is 0 Å². The monoisotopic (exact) mass is 853 g/mol. The van der Waals surface area contributed by atoms with E-state index in [1.54, 1.807) is 18.2 Å². The molecule has 8 rings (SSSR count). The Kier molecular flexibility index (Phi) is 12.7. The van der Waals surface area contributed by atoms with Gasteiger partial charge < -0.3 is 27.6 Å². The molecule has 0 fully saturated rings. The summed E-state index contributed by atoms with van der Waals surface area (Å²) >= 11 is 0. The fraction of sp³-hybridized carbons (Fsp3) is 0.204. The molecule has 6 aromatic rings. The molecule has 0 N–H and O–H groups in total. The Bertz CT molecular complexity index is 2600. The first kappa shape index (κ1) is 41.5. The maximum absolute atomic E-state index is 14.0. The molecule has 2 atom stereocenters. The molecule has 310 valence electrons. The van der Waals surface area contributed by atoms with E-state index in [1.807, 2.05) is 114 Å². The molecule has 2 aliphatic rings. The van der Waals surface area contributed by atoms with E-state index in [-0.39, 0.29) is 22.6 Å². The summed E-state index contributed by atoms with van der Waals surface area (Å²) < 4.78 is 39.6. The highest BCUT2D eigenvalue weighted by atomic mass is 31.2. The summed E-state index contributed by atoms with van der Waals surface area (Å²) in [5.41, 5.74) is 6.48. The van der Waals surface area contributed by atoms with E-state index in [0.717, 1.165) is 53.2 Å². The highest BCUT2D eigenvalue weighted by Crippen LogP contribution is 2.59. The standard InChI is InChI=1S/C49H45NO9P2/c1-5-7-18-32-28-38(45(40(30-32)47(51)54-3)57-60-44-27-17-14-23-36(44)35-22-13-16-26-43(35)56-60)39-29-33(19-8-6-2)31-41(48(52)55-4)46(39)58-61-50(34-20-10-9-11-21-34)42-25-15-12-24-37(42)49(53)59-61/h9-17,20-31H,5-8,18-19H2,1-4H3.